The lowest BCUT2D eigenvalue weighted by molar-refractivity contribution is -0.258. The van der Waals surface area contributed by atoms with Gasteiger partial charge in [0, 0.05) is 55.7 Å². The van der Waals surface area contributed by atoms with Gasteiger partial charge in [0.15, 0.2) is 5.60 Å². The van der Waals surface area contributed by atoms with Crippen LogP contribution in [0, 0.1) is 0 Å². The summed E-state index contributed by atoms with van der Waals surface area (Å²) in [5.41, 5.74) is -2.55. The Kier molecular flexibility index (Phi) is 8.70. The van der Waals surface area contributed by atoms with Crippen molar-refractivity contribution in [2.24, 2.45) is 0 Å². The van der Waals surface area contributed by atoms with Crippen molar-refractivity contribution in [2.45, 2.75) is 50.6 Å². The summed E-state index contributed by atoms with van der Waals surface area (Å²) in [5, 5.41) is 10.1. The Labute approximate surface area is 227 Å². The van der Waals surface area contributed by atoms with Crippen molar-refractivity contribution < 1.29 is 31.4 Å². The Bertz CT molecular complexity index is 1180. The first-order valence-electron chi connectivity index (χ1n) is 12.7. The molecule has 0 amide bonds. The lowest BCUT2D eigenvalue weighted by Crippen LogP contribution is -2.60. The molecular formula is C26H34F3N3O4S2. The minimum Gasteiger partial charge on any atom is -0.378 e. The molecule has 0 spiro atoms. The van der Waals surface area contributed by atoms with Crippen LogP contribution in [0.4, 0.5) is 18.9 Å². The van der Waals surface area contributed by atoms with Crippen molar-refractivity contribution in [3.05, 3.63) is 53.0 Å². The van der Waals surface area contributed by atoms with Crippen LogP contribution in [0.5, 0.6) is 0 Å². The number of aliphatic hydroxyl groups is 1. The van der Waals surface area contributed by atoms with E-state index in [4.69, 9.17) is 17.0 Å². The second-order valence-corrected chi connectivity index (χ2v) is 12.4. The molecule has 0 unspecified atom stereocenters. The summed E-state index contributed by atoms with van der Waals surface area (Å²) in [6.45, 7) is 6.05. The number of alkyl halides is 3. The van der Waals surface area contributed by atoms with Crippen LogP contribution in [0.3, 0.4) is 0 Å². The Morgan fingerprint density at radius 1 is 1.13 bits per heavy atom. The minimum atomic E-state index is -4.81. The predicted octanol–water partition coefficient (Wildman–Crippen LogP) is 3.60. The Morgan fingerprint density at radius 3 is 2.47 bits per heavy atom. The zero-order chi connectivity index (χ0) is 27.7. The van der Waals surface area contributed by atoms with Crippen LogP contribution in [0.1, 0.15) is 32.3 Å². The number of hydrogen-bond acceptors (Lipinski definition) is 7. The molecule has 2 aliphatic heterocycles. The van der Waals surface area contributed by atoms with Crippen molar-refractivity contribution in [1.29, 1.82) is 0 Å². The molecule has 2 heterocycles. The van der Waals surface area contributed by atoms with Gasteiger partial charge in [-0.15, -0.1) is 0 Å². The molecule has 0 aromatic heterocycles. The van der Waals surface area contributed by atoms with Crippen molar-refractivity contribution >= 4 is 32.8 Å². The maximum absolute atomic E-state index is 13.6. The first-order valence-corrected chi connectivity index (χ1v) is 14.6. The van der Waals surface area contributed by atoms with Crippen molar-refractivity contribution in [1.82, 2.24) is 9.21 Å². The molecule has 1 N–H and O–H groups in total. The highest BCUT2D eigenvalue weighted by Gasteiger charge is 2.51. The molecule has 3 aliphatic rings. The molecule has 2 saturated heterocycles. The minimum absolute atomic E-state index is 0.152. The smallest absolute Gasteiger partial charge is 0.378 e. The van der Waals surface area contributed by atoms with Crippen molar-refractivity contribution in [2.75, 3.05) is 50.8 Å². The number of morpholine rings is 1. The average Bonchev–Trinajstić information content (AvgIpc) is 2.88. The first kappa shape index (κ1) is 29.2. The molecule has 1 aromatic carbocycles. The number of nitrogens with zero attached hydrogens (tertiary/aromatic N) is 3. The second kappa shape index (κ2) is 11.3. The third kappa shape index (κ3) is 5.85. The van der Waals surface area contributed by atoms with Gasteiger partial charge >= 0.3 is 6.18 Å². The normalized spacial score (nSPS) is 25.8. The predicted molar refractivity (Wildman–Crippen MR) is 145 cm³/mol. The fourth-order valence-corrected chi connectivity index (χ4v) is 7.22. The monoisotopic (exact) mass is 573 g/mol. The van der Waals surface area contributed by atoms with Crippen LogP contribution in [0.2, 0.25) is 0 Å². The van der Waals surface area contributed by atoms with E-state index in [9.17, 15) is 26.7 Å². The molecule has 210 valence electrons. The maximum atomic E-state index is 13.6. The van der Waals surface area contributed by atoms with E-state index in [0.717, 1.165) is 13.3 Å². The summed E-state index contributed by atoms with van der Waals surface area (Å²) in [7, 11) is -3.80. The number of piperazine rings is 1. The van der Waals surface area contributed by atoms with Gasteiger partial charge in [-0.2, -0.15) is 17.5 Å². The third-order valence-electron chi connectivity index (χ3n) is 7.60. The summed E-state index contributed by atoms with van der Waals surface area (Å²) < 4.78 is 74.2. The number of anilines is 1. The van der Waals surface area contributed by atoms with Gasteiger partial charge in [-0.3, -0.25) is 4.90 Å². The molecule has 7 nitrogen and oxygen atoms in total. The lowest BCUT2D eigenvalue weighted by Gasteiger charge is -2.46. The molecule has 1 aliphatic carbocycles. The van der Waals surface area contributed by atoms with E-state index in [0.29, 0.717) is 49.8 Å². The number of allylic oxidation sites excluding steroid dienone is 4. The Morgan fingerprint density at radius 2 is 1.84 bits per heavy atom. The summed E-state index contributed by atoms with van der Waals surface area (Å²) in [6.07, 6.45) is 1.54. The fraction of sp³-hybridized carbons (Fsp3) is 0.577. The first-order chi connectivity index (χ1) is 17.9. The molecule has 38 heavy (non-hydrogen) atoms. The Hall–Kier alpha value is -1.83. The molecule has 0 radical (unpaired) electrons. The summed E-state index contributed by atoms with van der Waals surface area (Å²) in [5.74, 6) is 0. The third-order valence-corrected chi connectivity index (χ3v) is 10.1. The van der Waals surface area contributed by atoms with Gasteiger partial charge in [-0.25, -0.2) is 8.42 Å². The highest BCUT2D eigenvalue weighted by Crippen LogP contribution is 2.39. The van der Waals surface area contributed by atoms with Gasteiger partial charge in [0.25, 0.3) is 0 Å². The van der Waals surface area contributed by atoms with Gasteiger partial charge in [-0.05, 0) is 37.1 Å². The molecule has 12 heteroatoms. The molecule has 0 saturated carbocycles. The van der Waals surface area contributed by atoms with E-state index >= 15 is 0 Å². The number of thiocarbonyl (C=S) groups is 1. The second-order valence-electron chi connectivity index (χ2n) is 10.0. The lowest BCUT2D eigenvalue weighted by atomic mass is 9.95. The van der Waals surface area contributed by atoms with Crippen LogP contribution >= 0.6 is 12.2 Å². The van der Waals surface area contributed by atoms with E-state index in [1.807, 2.05) is 11.0 Å². The van der Waals surface area contributed by atoms with E-state index in [-0.39, 0.29) is 35.6 Å². The number of benzene rings is 1. The van der Waals surface area contributed by atoms with Gasteiger partial charge in [0.1, 0.15) is 0 Å². The number of sulfonamides is 1. The van der Waals surface area contributed by atoms with Crippen LogP contribution in [0.25, 0.3) is 0 Å². The molecule has 4 rings (SSSR count). The van der Waals surface area contributed by atoms with Gasteiger partial charge in [0.2, 0.25) is 10.0 Å². The summed E-state index contributed by atoms with van der Waals surface area (Å²) >= 11 is 5.35. The zero-order valence-corrected chi connectivity index (χ0v) is 23.2. The number of rotatable bonds is 7. The van der Waals surface area contributed by atoms with Gasteiger partial charge in [0.05, 0.1) is 24.2 Å². The van der Waals surface area contributed by atoms with Crippen LogP contribution < -0.4 is 4.90 Å². The van der Waals surface area contributed by atoms with Crippen LogP contribution in [-0.2, 0) is 20.4 Å². The van der Waals surface area contributed by atoms with Crippen molar-refractivity contribution in [3.8, 4) is 0 Å². The highest BCUT2D eigenvalue weighted by atomic mass is 32.2. The van der Waals surface area contributed by atoms with Gasteiger partial charge in [-0.1, -0.05) is 43.4 Å². The number of hydrogen-bond donors (Lipinski definition) is 1. The fourth-order valence-electron chi connectivity index (χ4n) is 5.15. The van der Waals surface area contributed by atoms with Crippen LogP contribution in [-0.4, -0.2) is 91.8 Å². The summed E-state index contributed by atoms with van der Waals surface area (Å²) in [6, 6.07) is 5.63. The molecule has 3 atom stereocenters. The SMILES string of the molecule is CC[C@@H]1COCCN1C[C@H]1CN(S(=O)(=O)C2=CC=CCC2=S)CCN1c1ccc([C@](C)(O)C(F)(F)F)cc1. The molecule has 2 fully saturated rings. The largest absolute Gasteiger partial charge is 0.421 e. The van der Waals surface area contributed by atoms with Crippen molar-refractivity contribution in [3.63, 3.8) is 0 Å². The number of ether oxygens (including phenoxy) is 1. The zero-order valence-electron chi connectivity index (χ0n) is 21.5. The molecule has 1 aromatic rings. The molecular weight excluding hydrogens is 539 g/mol. The summed E-state index contributed by atoms with van der Waals surface area (Å²) in [4.78, 5) is 4.89. The van der Waals surface area contributed by atoms with E-state index in [2.05, 4.69) is 11.8 Å². The highest BCUT2D eigenvalue weighted by molar-refractivity contribution is 7.96. The Balaban J connectivity index is 1.62. The van der Waals surface area contributed by atoms with E-state index < -0.39 is 21.8 Å². The average molecular weight is 574 g/mol. The van der Waals surface area contributed by atoms with Gasteiger partial charge < -0.3 is 14.7 Å². The molecule has 0 bridgehead atoms. The standard InChI is InChI=1S/C26H34F3N3O4S2/c1-3-20-18-36-15-14-30(20)16-22-17-31(38(34,35)24-7-5-4-6-23(24)37)12-13-32(22)21-10-8-19(9-11-21)25(2,33)26(27,28)29/h4-5,7-11,20,22,33H,3,6,12-18H2,1-2H3/t20-,22+,25+/m1/s1. The topological polar surface area (TPSA) is 73.3 Å². The quantitative estimate of drug-likeness (QED) is 0.500. The maximum Gasteiger partial charge on any atom is 0.421 e. The van der Waals surface area contributed by atoms with E-state index in [1.165, 1.54) is 16.4 Å². The van der Waals surface area contributed by atoms with Crippen LogP contribution in [0.15, 0.2) is 47.4 Å². The van der Waals surface area contributed by atoms with E-state index in [1.54, 1.807) is 24.3 Å². The number of halogens is 3.